The maximum Gasteiger partial charge on any atom is 0.300 e. The fraction of sp³-hybridized carbons (Fsp3) is 0.192. The van der Waals surface area contributed by atoms with E-state index in [4.69, 9.17) is 0 Å². The standard InChI is InChI=1S/C26H23N3O5/c1-26(2,3)18-8-12-19(13-9-18)28-22(17-5-4-14-27-15-17)21(24(31)25(28)32)23(30)16-6-10-20(11-7-16)29(33)34/h4-15,22,30H,1-3H3/b23-21-. The highest BCUT2D eigenvalue weighted by Gasteiger charge is 2.47. The average Bonchev–Trinajstić information content (AvgIpc) is 3.09. The number of nitro groups is 1. The van der Waals surface area contributed by atoms with Crippen LogP contribution in [0.4, 0.5) is 11.4 Å². The fourth-order valence-electron chi connectivity index (χ4n) is 3.97. The van der Waals surface area contributed by atoms with Crippen LogP contribution in [0.1, 0.15) is 43.5 Å². The SMILES string of the molecule is CC(C)(C)c1ccc(N2C(=O)C(=O)/C(=C(\O)c3ccc([N+](=O)[O-])cc3)C2c2cccnc2)cc1. The zero-order valence-electron chi connectivity index (χ0n) is 18.9. The van der Waals surface area contributed by atoms with Gasteiger partial charge in [-0.15, -0.1) is 0 Å². The lowest BCUT2D eigenvalue weighted by Gasteiger charge is -2.26. The van der Waals surface area contributed by atoms with Crippen molar-refractivity contribution in [3.8, 4) is 0 Å². The minimum Gasteiger partial charge on any atom is -0.507 e. The van der Waals surface area contributed by atoms with E-state index in [0.717, 1.165) is 5.56 Å². The molecule has 1 aromatic heterocycles. The number of ketones is 1. The van der Waals surface area contributed by atoms with Gasteiger partial charge < -0.3 is 5.11 Å². The van der Waals surface area contributed by atoms with Crippen LogP contribution in [0.15, 0.2) is 78.6 Å². The smallest absolute Gasteiger partial charge is 0.300 e. The molecule has 0 spiro atoms. The van der Waals surface area contributed by atoms with Crippen LogP contribution < -0.4 is 4.90 Å². The Labute approximate surface area is 196 Å². The average molecular weight is 457 g/mol. The van der Waals surface area contributed by atoms with E-state index in [1.807, 2.05) is 12.1 Å². The molecule has 34 heavy (non-hydrogen) atoms. The molecule has 1 fully saturated rings. The minimum absolute atomic E-state index is 0.0919. The van der Waals surface area contributed by atoms with Crippen LogP contribution in [0.2, 0.25) is 0 Å². The molecule has 1 saturated heterocycles. The third kappa shape index (κ3) is 4.05. The molecule has 1 N–H and O–H groups in total. The van der Waals surface area contributed by atoms with Crippen LogP contribution >= 0.6 is 0 Å². The number of nitro benzene ring substituents is 1. The molecule has 0 radical (unpaired) electrons. The third-order valence-corrected chi connectivity index (χ3v) is 5.81. The van der Waals surface area contributed by atoms with Crippen molar-refractivity contribution >= 4 is 28.8 Å². The zero-order chi connectivity index (χ0) is 24.6. The molecule has 0 bridgehead atoms. The summed E-state index contributed by atoms with van der Waals surface area (Å²) in [5, 5.41) is 22.0. The molecule has 1 atom stereocenters. The number of aliphatic hydroxyl groups is 1. The number of benzene rings is 2. The van der Waals surface area contributed by atoms with E-state index in [1.54, 1.807) is 30.5 Å². The quantitative estimate of drug-likeness (QED) is 0.196. The number of anilines is 1. The molecule has 8 nitrogen and oxygen atoms in total. The Morgan fingerprint density at radius 3 is 2.21 bits per heavy atom. The molecule has 0 aliphatic carbocycles. The van der Waals surface area contributed by atoms with Crippen molar-refractivity contribution in [2.75, 3.05) is 4.90 Å². The van der Waals surface area contributed by atoms with E-state index >= 15 is 0 Å². The maximum atomic E-state index is 13.2. The second-order valence-corrected chi connectivity index (χ2v) is 9.06. The Morgan fingerprint density at radius 1 is 1.03 bits per heavy atom. The summed E-state index contributed by atoms with van der Waals surface area (Å²) in [6.45, 7) is 6.23. The van der Waals surface area contributed by atoms with Crippen molar-refractivity contribution in [3.05, 3.63) is 105 Å². The predicted molar refractivity (Wildman–Crippen MR) is 127 cm³/mol. The van der Waals surface area contributed by atoms with Crippen LogP contribution in [0.25, 0.3) is 5.76 Å². The fourth-order valence-corrected chi connectivity index (χ4v) is 3.97. The molecule has 0 saturated carbocycles. The van der Waals surface area contributed by atoms with Crippen molar-refractivity contribution in [1.29, 1.82) is 0 Å². The van der Waals surface area contributed by atoms with E-state index in [1.165, 1.54) is 35.4 Å². The van der Waals surface area contributed by atoms with Crippen LogP contribution in [0.3, 0.4) is 0 Å². The lowest BCUT2D eigenvalue weighted by molar-refractivity contribution is -0.384. The van der Waals surface area contributed by atoms with Crippen LogP contribution in [0, 0.1) is 10.1 Å². The van der Waals surface area contributed by atoms with Crippen molar-refractivity contribution in [1.82, 2.24) is 4.98 Å². The lowest BCUT2D eigenvalue weighted by atomic mass is 9.87. The van der Waals surface area contributed by atoms with Crippen molar-refractivity contribution in [2.24, 2.45) is 0 Å². The monoisotopic (exact) mass is 457 g/mol. The summed E-state index contributed by atoms with van der Waals surface area (Å²) in [4.78, 5) is 42.2. The number of aliphatic hydroxyl groups excluding tert-OH is 1. The first-order valence-electron chi connectivity index (χ1n) is 10.7. The summed E-state index contributed by atoms with van der Waals surface area (Å²) in [5.74, 6) is -2.03. The lowest BCUT2D eigenvalue weighted by Crippen LogP contribution is -2.29. The Kier molecular flexibility index (Phi) is 5.75. The van der Waals surface area contributed by atoms with Gasteiger partial charge in [-0.2, -0.15) is 0 Å². The third-order valence-electron chi connectivity index (χ3n) is 5.81. The Morgan fingerprint density at radius 2 is 1.68 bits per heavy atom. The summed E-state index contributed by atoms with van der Waals surface area (Å²) in [6, 6.07) is 15.0. The highest BCUT2D eigenvalue weighted by atomic mass is 16.6. The van der Waals surface area contributed by atoms with Gasteiger partial charge in [0.25, 0.3) is 17.4 Å². The molecule has 4 rings (SSSR count). The summed E-state index contributed by atoms with van der Waals surface area (Å²) in [7, 11) is 0. The normalized spacial score (nSPS) is 17.7. The van der Waals surface area contributed by atoms with E-state index in [-0.39, 0.29) is 22.2 Å². The molecule has 1 aliphatic heterocycles. The van der Waals surface area contributed by atoms with Gasteiger partial charge in [-0.3, -0.25) is 29.6 Å². The second-order valence-electron chi connectivity index (χ2n) is 9.06. The number of nitrogens with zero attached hydrogens (tertiary/aromatic N) is 3. The van der Waals surface area contributed by atoms with Crippen molar-refractivity contribution in [2.45, 2.75) is 32.2 Å². The number of carbonyl (C=O) groups is 2. The maximum absolute atomic E-state index is 13.2. The van der Waals surface area contributed by atoms with E-state index in [2.05, 4.69) is 25.8 Å². The van der Waals surface area contributed by atoms with Gasteiger partial charge in [-0.25, -0.2) is 0 Å². The molecule has 2 heterocycles. The molecule has 3 aromatic rings. The van der Waals surface area contributed by atoms with Gasteiger partial charge in [0.15, 0.2) is 0 Å². The van der Waals surface area contributed by atoms with Gasteiger partial charge >= 0.3 is 0 Å². The topological polar surface area (TPSA) is 114 Å². The van der Waals surface area contributed by atoms with Gasteiger partial charge in [0.2, 0.25) is 0 Å². The number of pyridine rings is 1. The Hall–Kier alpha value is -4.33. The van der Waals surface area contributed by atoms with Gasteiger partial charge in [0.05, 0.1) is 16.5 Å². The van der Waals surface area contributed by atoms with E-state index < -0.39 is 28.4 Å². The first kappa shape index (κ1) is 22.8. The highest BCUT2D eigenvalue weighted by Crippen LogP contribution is 2.42. The zero-order valence-corrected chi connectivity index (χ0v) is 18.9. The molecule has 172 valence electrons. The number of non-ortho nitro benzene ring substituents is 1. The van der Waals surface area contributed by atoms with E-state index in [9.17, 15) is 24.8 Å². The number of amides is 1. The van der Waals surface area contributed by atoms with Crippen molar-refractivity contribution < 1.29 is 19.6 Å². The molecular formula is C26H23N3O5. The summed E-state index contributed by atoms with van der Waals surface area (Å²) < 4.78 is 0. The van der Waals surface area contributed by atoms with Gasteiger partial charge in [0.1, 0.15) is 5.76 Å². The first-order valence-corrected chi connectivity index (χ1v) is 10.7. The summed E-state index contributed by atoms with van der Waals surface area (Å²) >= 11 is 0. The Bertz CT molecular complexity index is 1290. The summed E-state index contributed by atoms with van der Waals surface area (Å²) in [6.07, 6.45) is 3.11. The van der Waals surface area contributed by atoms with Crippen molar-refractivity contribution in [3.63, 3.8) is 0 Å². The molecule has 8 heteroatoms. The second kappa shape index (κ2) is 8.55. The first-order chi connectivity index (χ1) is 16.1. The Balaban J connectivity index is 1.87. The molecule has 1 unspecified atom stereocenters. The number of aromatic nitrogens is 1. The highest BCUT2D eigenvalue weighted by molar-refractivity contribution is 6.51. The number of carbonyl (C=O) groups excluding carboxylic acids is 2. The minimum atomic E-state index is -0.913. The van der Waals surface area contributed by atoms with Gasteiger partial charge in [-0.1, -0.05) is 39.0 Å². The van der Waals surface area contributed by atoms with E-state index in [0.29, 0.717) is 11.3 Å². The predicted octanol–water partition coefficient (Wildman–Crippen LogP) is 4.91. The number of rotatable bonds is 4. The number of hydrogen-bond donors (Lipinski definition) is 1. The van der Waals surface area contributed by atoms with Gasteiger partial charge in [-0.05, 0) is 46.9 Å². The summed E-state index contributed by atoms with van der Waals surface area (Å²) in [5.41, 5.74) is 1.96. The molecule has 1 amide bonds. The van der Waals surface area contributed by atoms with Crippen LogP contribution in [0.5, 0.6) is 0 Å². The number of Topliss-reactive ketones (excluding diaryl/α,β-unsaturated/α-hetero) is 1. The number of hydrogen-bond acceptors (Lipinski definition) is 6. The van der Waals surface area contributed by atoms with Gasteiger partial charge in [0, 0.05) is 35.8 Å². The molecule has 2 aromatic carbocycles. The molecule has 1 aliphatic rings. The largest absolute Gasteiger partial charge is 0.507 e. The van der Waals surface area contributed by atoms with Crippen LogP contribution in [-0.4, -0.2) is 26.7 Å². The molecular weight excluding hydrogens is 434 g/mol. The van der Waals surface area contributed by atoms with Crippen LogP contribution in [-0.2, 0) is 15.0 Å².